The van der Waals surface area contributed by atoms with Gasteiger partial charge in [-0.2, -0.15) is 0 Å². The average Bonchev–Trinajstić information content (AvgIpc) is 2.84. The van der Waals surface area contributed by atoms with Gasteiger partial charge < -0.3 is 9.47 Å². The Hall–Kier alpha value is -3.66. The predicted octanol–water partition coefficient (Wildman–Crippen LogP) is 7.67. The van der Waals surface area contributed by atoms with Crippen molar-refractivity contribution in [3.8, 4) is 0 Å². The summed E-state index contributed by atoms with van der Waals surface area (Å²) in [6.07, 6.45) is 0. The lowest BCUT2D eigenvalue weighted by Crippen LogP contribution is -2.11. The Morgan fingerprint density at radius 3 is 1.71 bits per heavy atom. The minimum Gasteiger partial charge on any atom is -0.462 e. The van der Waals surface area contributed by atoms with Crippen LogP contribution in [-0.4, -0.2) is 25.2 Å². The van der Waals surface area contributed by atoms with Crippen molar-refractivity contribution >= 4 is 55.0 Å². The number of fused-ring (bicyclic) bond motifs is 2. The van der Waals surface area contributed by atoms with Crippen LogP contribution in [0.5, 0.6) is 0 Å². The zero-order chi connectivity index (χ0) is 24.9. The fourth-order valence-electron chi connectivity index (χ4n) is 4.96. The van der Waals surface area contributed by atoms with E-state index in [0.29, 0.717) is 24.3 Å². The fraction of sp³-hybridized carbons (Fsp3) is 0.290. The molecule has 0 saturated carbocycles. The van der Waals surface area contributed by atoms with Gasteiger partial charge in [0.15, 0.2) is 0 Å². The molecule has 0 spiro atoms. The summed E-state index contributed by atoms with van der Waals surface area (Å²) in [6, 6.07) is 18.0. The lowest BCUT2D eigenvalue weighted by atomic mass is 9.86. The number of hydrogen-bond donors (Lipinski definition) is 0. The maximum atomic E-state index is 13.0. The number of hydrogen-bond acceptors (Lipinski definition) is 4. The molecule has 0 aromatic heterocycles. The van der Waals surface area contributed by atoms with Crippen molar-refractivity contribution in [1.29, 1.82) is 0 Å². The second-order valence-electron chi connectivity index (χ2n) is 10.2. The largest absolute Gasteiger partial charge is 0.462 e. The van der Waals surface area contributed by atoms with E-state index >= 15 is 0 Å². The van der Waals surface area contributed by atoms with Gasteiger partial charge in [0, 0.05) is 5.39 Å². The second kappa shape index (κ2) is 8.84. The van der Waals surface area contributed by atoms with Gasteiger partial charge in [-0.1, -0.05) is 70.2 Å². The minimum absolute atomic E-state index is 0.269. The van der Waals surface area contributed by atoms with Crippen molar-refractivity contribution in [2.75, 3.05) is 13.2 Å². The Balaban J connectivity index is 1.80. The maximum Gasteiger partial charge on any atom is 0.338 e. The van der Waals surface area contributed by atoms with Crippen molar-refractivity contribution in [2.24, 2.45) is 11.8 Å². The van der Waals surface area contributed by atoms with Gasteiger partial charge in [0.25, 0.3) is 0 Å². The molecule has 0 heterocycles. The Bertz CT molecular complexity index is 1570. The summed E-state index contributed by atoms with van der Waals surface area (Å²) >= 11 is 0. The molecule has 0 radical (unpaired) electrons. The molecule has 0 bridgehead atoms. The van der Waals surface area contributed by atoms with Crippen molar-refractivity contribution in [3.05, 3.63) is 71.3 Å². The summed E-state index contributed by atoms with van der Waals surface area (Å²) in [6.45, 7) is 10.9. The van der Waals surface area contributed by atoms with E-state index in [1.165, 1.54) is 0 Å². The first-order chi connectivity index (χ1) is 16.8. The van der Waals surface area contributed by atoms with Crippen LogP contribution in [0.1, 0.15) is 54.0 Å². The van der Waals surface area contributed by atoms with Gasteiger partial charge in [-0.15, -0.1) is 0 Å². The Morgan fingerprint density at radius 1 is 0.600 bits per heavy atom. The summed E-state index contributed by atoms with van der Waals surface area (Å²) < 4.78 is 11.2. The third kappa shape index (κ3) is 3.87. The van der Waals surface area contributed by atoms with Crippen molar-refractivity contribution in [3.63, 3.8) is 0 Å². The molecule has 4 heteroatoms. The van der Waals surface area contributed by atoms with Crippen molar-refractivity contribution in [2.45, 2.75) is 34.6 Å². The fourth-order valence-corrected chi connectivity index (χ4v) is 4.96. The molecule has 5 rings (SSSR count). The second-order valence-corrected chi connectivity index (χ2v) is 10.2. The highest BCUT2D eigenvalue weighted by Gasteiger charge is 2.22. The number of carbonyl (C=O) groups excluding carboxylic acids is 2. The summed E-state index contributed by atoms with van der Waals surface area (Å²) in [4.78, 5) is 26.0. The summed E-state index contributed by atoms with van der Waals surface area (Å²) in [5.41, 5.74) is 2.20. The van der Waals surface area contributed by atoms with Crippen LogP contribution in [0.25, 0.3) is 43.1 Å². The monoisotopic (exact) mass is 466 g/mol. The third-order valence-corrected chi connectivity index (χ3v) is 6.53. The Labute approximate surface area is 205 Å². The third-order valence-electron chi connectivity index (χ3n) is 6.53. The number of ether oxygens (including phenoxy) is 2. The van der Waals surface area contributed by atoms with Crippen LogP contribution < -0.4 is 0 Å². The first-order valence-corrected chi connectivity index (χ1v) is 12.2. The number of esters is 2. The molecule has 0 aliphatic carbocycles. The van der Waals surface area contributed by atoms with E-state index in [0.717, 1.165) is 48.7 Å². The summed E-state index contributed by atoms with van der Waals surface area (Å²) in [5.74, 6) is -0.0535. The van der Waals surface area contributed by atoms with Crippen molar-refractivity contribution < 1.29 is 19.1 Å². The van der Waals surface area contributed by atoms with E-state index < -0.39 is 0 Å². The highest BCUT2D eigenvalue weighted by Crippen LogP contribution is 2.43. The van der Waals surface area contributed by atoms with E-state index in [2.05, 4.69) is 18.2 Å². The number of aryl methyl sites for hydroxylation is 1. The normalized spacial score (nSPS) is 12.0. The quantitative estimate of drug-likeness (QED) is 0.146. The molecule has 0 N–H and O–H groups in total. The van der Waals surface area contributed by atoms with E-state index in [4.69, 9.17) is 9.47 Å². The zero-order valence-corrected chi connectivity index (χ0v) is 20.9. The molecule has 0 atom stereocenters. The molecule has 0 aliphatic heterocycles. The highest BCUT2D eigenvalue weighted by atomic mass is 16.5. The number of rotatable bonds is 6. The molecule has 0 unspecified atom stereocenters. The van der Waals surface area contributed by atoms with Gasteiger partial charge in [0.1, 0.15) is 0 Å². The number of benzene rings is 5. The SMILES string of the molecule is Cc1ccc2c3ccc(C(=O)OCC(C)C)c4cccc(c5ccc(C(=O)OCC(C)C)c1c25)c43. The molecule has 0 fully saturated rings. The Kier molecular flexibility index (Phi) is 5.84. The summed E-state index contributed by atoms with van der Waals surface area (Å²) in [5, 5.41) is 8.14. The van der Waals surface area contributed by atoms with Gasteiger partial charge in [0.2, 0.25) is 0 Å². The smallest absolute Gasteiger partial charge is 0.338 e. The molecule has 35 heavy (non-hydrogen) atoms. The maximum absolute atomic E-state index is 13.0. The molecule has 0 aliphatic rings. The van der Waals surface area contributed by atoms with Crippen LogP contribution in [0, 0.1) is 18.8 Å². The van der Waals surface area contributed by atoms with Crippen LogP contribution in [0.2, 0.25) is 0 Å². The molecular weight excluding hydrogens is 436 g/mol. The van der Waals surface area contributed by atoms with Gasteiger partial charge in [-0.05, 0) is 74.2 Å². The van der Waals surface area contributed by atoms with E-state index in [1.54, 1.807) is 0 Å². The van der Waals surface area contributed by atoms with Gasteiger partial charge in [0.05, 0.1) is 24.3 Å². The lowest BCUT2D eigenvalue weighted by Gasteiger charge is -2.19. The van der Waals surface area contributed by atoms with E-state index in [9.17, 15) is 9.59 Å². The highest BCUT2D eigenvalue weighted by molar-refractivity contribution is 6.35. The number of carbonyl (C=O) groups is 2. The van der Waals surface area contributed by atoms with Crippen LogP contribution in [0.4, 0.5) is 0 Å². The molecule has 5 aromatic carbocycles. The average molecular weight is 467 g/mol. The van der Waals surface area contributed by atoms with Crippen LogP contribution in [0.15, 0.2) is 54.6 Å². The molecule has 0 saturated heterocycles. The van der Waals surface area contributed by atoms with Crippen LogP contribution >= 0.6 is 0 Å². The van der Waals surface area contributed by atoms with Gasteiger partial charge in [-0.25, -0.2) is 9.59 Å². The standard InChI is InChI=1S/C31H30O4/c1-17(2)15-34-30(32)25-13-11-22-23-10-9-19(5)27-26(31(33)35-16-18(3)4)14-12-24(29(23)27)20-7-6-8-21(25)28(20)22/h6-14,17-18H,15-16H2,1-5H3. The molecule has 178 valence electrons. The van der Waals surface area contributed by atoms with Gasteiger partial charge >= 0.3 is 11.9 Å². The molecule has 4 nitrogen and oxygen atoms in total. The summed E-state index contributed by atoms with van der Waals surface area (Å²) in [7, 11) is 0. The first kappa shape index (κ1) is 23.1. The zero-order valence-electron chi connectivity index (χ0n) is 20.9. The topological polar surface area (TPSA) is 52.6 Å². The van der Waals surface area contributed by atoms with E-state index in [1.807, 2.05) is 71.0 Å². The minimum atomic E-state index is -0.300. The van der Waals surface area contributed by atoms with Crippen molar-refractivity contribution in [1.82, 2.24) is 0 Å². The molecular formula is C31H30O4. The Morgan fingerprint density at radius 2 is 1.09 bits per heavy atom. The molecule has 0 amide bonds. The van der Waals surface area contributed by atoms with E-state index in [-0.39, 0.29) is 23.8 Å². The predicted molar refractivity (Wildman–Crippen MR) is 143 cm³/mol. The first-order valence-electron chi connectivity index (χ1n) is 12.2. The van der Waals surface area contributed by atoms with Gasteiger partial charge in [-0.3, -0.25) is 0 Å². The molecule has 5 aromatic rings. The lowest BCUT2D eigenvalue weighted by molar-refractivity contribution is 0.0453. The van der Waals surface area contributed by atoms with Crippen LogP contribution in [0.3, 0.4) is 0 Å². The van der Waals surface area contributed by atoms with Crippen LogP contribution in [-0.2, 0) is 9.47 Å².